The highest BCUT2D eigenvalue weighted by Crippen LogP contribution is 2.25. The molecule has 18 heavy (non-hydrogen) atoms. The smallest absolute Gasteiger partial charge is 0.136 e. The second-order valence-electron chi connectivity index (χ2n) is 4.48. The van der Waals surface area contributed by atoms with Gasteiger partial charge in [0.2, 0.25) is 0 Å². The Morgan fingerprint density at radius 1 is 1.06 bits per heavy atom. The van der Waals surface area contributed by atoms with E-state index in [-0.39, 0.29) is 0 Å². The van der Waals surface area contributed by atoms with Crippen LogP contribution < -0.4 is 0 Å². The number of hydrogen-bond donors (Lipinski definition) is 0. The molecule has 1 aromatic heterocycles. The molecule has 1 aromatic carbocycles. The molecular formula is C15H17ClN2. The molecule has 0 aliphatic rings. The van der Waals surface area contributed by atoms with Gasteiger partial charge in [-0.1, -0.05) is 49.2 Å². The van der Waals surface area contributed by atoms with Crippen molar-refractivity contribution in [1.29, 1.82) is 0 Å². The lowest BCUT2D eigenvalue weighted by Gasteiger charge is -2.08. The quantitative estimate of drug-likeness (QED) is 0.766. The minimum atomic E-state index is 0.537. The van der Waals surface area contributed by atoms with Crippen LogP contribution >= 0.6 is 11.6 Å². The number of aromatic nitrogens is 2. The van der Waals surface area contributed by atoms with Crippen molar-refractivity contribution in [3.8, 4) is 11.3 Å². The molecule has 2 rings (SSSR count). The molecule has 0 N–H and O–H groups in total. The maximum atomic E-state index is 6.10. The predicted octanol–water partition coefficient (Wildman–Crippen LogP) is 4.37. The first-order valence-electron chi connectivity index (χ1n) is 6.22. The molecule has 2 nitrogen and oxygen atoms in total. The van der Waals surface area contributed by atoms with Gasteiger partial charge in [0.25, 0.3) is 0 Å². The monoisotopic (exact) mass is 260 g/mol. The third-order valence-electron chi connectivity index (χ3n) is 2.96. The average Bonchev–Trinajstić information content (AvgIpc) is 2.35. The first kappa shape index (κ1) is 13.0. The summed E-state index contributed by atoms with van der Waals surface area (Å²) >= 11 is 6.10. The van der Waals surface area contributed by atoms with Gasteiger partial charge in [0.1, 0.15) is 11.0 Å². The Morgan fingerprint density at radius 2 is 1.72 bits per heavy atom. The van der Waals surface area contributed by atoms with Gasteiger partial charge in [-0.25, -0.2) is 9.97 Å². The highest BCUT2D eigenvalue weighted by Gasteiger charge is 2.09. The number of benzene rings is 1. The zero-order valence-corrected chi connectivity index (χ0v) is 11.8. The molecule has 0 aliphatic carbocycles. The zero-order valence-electron chi connectivity index (χ0n) is 11.0. The molecule has 0 radical (unpaired) electrons. The summed E-state index contributed by atoms with van der Waals surface area (Å²) in [5, 5.41) is 0.537. The van der Waals surface area contributed by atoms with Crippen molar-refractivity contribution >= 4 is 11.6 Å². The lowest BCUT2D eigenvalue weighted by molar-refractivity contribution is 0.922. The highest BCUT2D eigenvalue weighted by molar-refractivity contribution is 6.30. The Kier molecular flexibility index (Phi) is 3.97. The molecule has 3 heteroatoms. The van der Waals surface area contributed by atoms with Crippen molar-refractivity contribution in [3.05, 3.63) is 46.4 Å². The Balaban J connectivity index is 2.42. The third-order valence-corrected chi connectivity index (χ3v) is 3.33. The minimum Gasteiger partial charge on any atom is -0.233 e. The second kappa shape index (κ2) is 5.49. The van der Waals surface area contributed by atoms with Crippen LogP contribution in [0.3, 0.4) is 0 Å². The van der Waals surface area contributed by atoms with Gasteiger partial charge < -0.3 is 0 Å². The van der Waals surface area contributed by atoms with Crippen molar-refractivity contribution in [1.82, 2.24) is 9.97 Å². The van der Waals surface area contributed by atoms with Crippen molar-refractivity contribution in [2.24, 2.45) is 0 Å². The van der Waals surface area contributed by atoms with Crippen LogP contribution in [-0.4, -0.2) is 9.97 Å². The highest BCUT2D eigenvalue weighted by atomic mass is 35.5. The number of nitrogens with zero attached hydrogens (tertiary/aromatic N) is 2. The van der Waals surface area contributed by atoms with Crippen molar-refractivity contribution < 1.29 is 0 Å². The van der Waals surface area contributed by atoms with Crippen LogP contribution in [0, 0.1) is 13.8 Å². The second-order valence-corrected chi connectivity index (χ2v) is 4.84. The summed E-state index contributed by atoms with van der Waals surface area (Å²) in [5.74, 6) is 0.707. The molecule has 2 aromatic rings. The minimum absolute atomic E-state index is 0.537. The predicted molar refractivity (Wildman–Crippen MR) is 75.9 cm³/mol. The lowest BCUT2D eigenvalue weighted by Crippen LogP contribution is -1.96. The SMILES string of the molecule is CCCc1ccc(-c2nc(C)nc(Cl)c2C)cc1. The first-order chi connectivity index (χ1) is 8.61. The molecule has 0 saturated carbocycles. The average molecular weight is 261 g/mol. The molecular weight excluding hydrogens is 244 g/mol. The first-order valence-corrected chi connectivity index (χ1v) is 6.59. The van der Waals surface area contributed by atoms with Gasteiger partial charge in [0.05, 0.1) is 5.69 Å². The van der Waals surface area contributed by atoms with Crippen LogP contribution in [0.2, 0.25) is 5.15 Å². The van der Waals surface area contributed by atoms with Crippen LogP contribution in [0.4, 0.5) is 0 Å². The Morgan fingerprint density at radius 3 is 2.33 bits per heavy atom. The fraction of sp³-hybridized carbons (Fsp3) is 0.333. The summed E-state index contributed by atoms with van der Waals surface area (Å²) in [6.07, 6.45) is 2.28. The largest absolute Gasteiger partial charge is 0.233 e. The molecule has 0 amide bonds. The van der Waals surface area contributed by atoms with Gasteiger partial charge >= 0.3 is 0 Å². The topological polar surface area (TPSA) is 25.8 Å². The Labute approximate surface area is 113 Å². The molecule has 94 valence electrons. The summed E-state index contributed by atoms with van der Waals surface area (Å²) in [6, 6.07) is 8.53. The fourth-order valence-electron chi connectivity index (χ4n) is 1.99. The van der Waals surface area contributed by atoms with E-state index >= 15 is 0 Å². The number of halogens is 1. The van der Waals surface area contributed by atoms with Gasteiger partial charge in [-0.3, -0.25) is 0 Å². The summed E-state index contributed by atoms with van der Waals surface area (Å²) in [5.41, 5.74) is 4.32. The van der Waals surface area contributed by atoms with Crippen LogP contribution in [0.1, 0.15) is 30.3 Å². The standard InChI is InChI=1S/C15H17ClN2/c1-4-5-12-6-8-13(9-7-12)14-10(2)15(16)18-11(3)17-14/h6-9H,4-5H2,1-3H3. The molecule has 1 heterocycles. The molecule has 0 unspecified atom stereocenters. The van der Waals surface area contributed by atoms with E-state index in [1.54, 1.807) is 0 Å². The normalized spacial score (nSPS) is 10.7. The van der Waals surface area contributed by atoms with E-state index in [2.05, 4.69) is 41.2 Å². The zero-order chi connectivity index (χ0) is 13.1. The van der Waals surface area contributed by atoms with E-state index in [1.807, 2.05) is 13.8 Å². The summed E-state index contributed by atoms with van der Waals surface area (Å²) < 4.78 is 0. The Bertz CT molecular complexity index is 547. The maximum Gasteiger partial charge on any atom is 0.136 e. The summed E-state index contributed by atoms with van der Waals surface area (Å²) in [4.78, 5) is 8.64. The van der Waals surface area contributed by atoms with Gasteiger partial charge in [-0.05, 0) is 25.8 Å². The van der Waals surface area contributed by atoms with E-state index < -0.39 is 0 Å². The van der Waals surface area contributed by atoms with E-state index in [0.29, 0.717) is 11.0 Å². The third kappa shape index (κ3) is 2.70. The van der Waals surface area contributed by atoms with Crippen molar-refractivity contribution in [2.45, 2.75) is 33.6 Å². The van der Waals surface area contributed by atoms with Crippen LogP contribution in [0.5, 0.6) is 0 Å². The van der Waals surface area contributed by atoms with Crippen LogP contribution in [0.15, 0.2) is 24.3 Å². The van der Waals surface area contributed by atoms with Gasteiger partial charge in [0.15, 0.2) is 0 Å². The molecule has 0 aliphatic heterocycles. The molecule has 0 saturated heterocycles. The van der Waals surface area contributed by atoms with Gasteiger partial charge in [-0.2, -0.15) is 0 Å². The van der Waals surface area contributed by atoms with E-state index in [4.69, 9.17) is 11.6 Å². The summed E-state index contributed by atoms with van der Waals surface area (Å²) in [7, 11) is 0. The van der Waals surface area contributed by atoms with Crippen LogP contribution in [-0.2, 0) is 6.42 Å². The number of aryl methyl sites for hydroxylation is 2. The van der Waals surface area contributed by atoms with E-state index in [1.165, 1.54) is 5.56 Å². The molecule has 0 atom stereocenters. The summed E-state index contributed by atoms with van der Waals surface area (Å²) in [6.45, 7) is 6.00. The van der Waals surface area contributed by atoms with Crippen molar-refractivity contribution in [3.63, 3.8) is 0 Å². The van der Waals surface area contributed by atoms with Crippen molar-refractivity contribution in [2.75, 3.05) is 0 Å². The number of rotatable bonds is 3. The molecule has 0 spiro atoms. The van der Waals surface area contributed by atoms with E-state index in [0.717, 1.165) is 29.7 Å². The lowest BCUT2D eigenvalue weighted by atomic mass is 10.0. The Hall–Kier alpha value is -1.41. The fourth-order valence-corrected chi connectivity index (χ4v) is 2.21. The molecule has 0 bridgehead atoms. The number of hydrogen-bond acceptors (Lipinski definition) is 2. The maximum absolute atomic E-state index is 6.10. The van der Waals surface area contributed by atoms with Gasteiger partial charge in [0, 0.05) is 11.1 Å². The van der Waals surface area contributed by atoms with Gasteiger partial charge in [-0.15, -0.1) is 0 Å². The van der Waals surface area contributed by atoms with E-state index in [9.17, 15) is 0 Å². The van der Waals surface area contributed by atoms with Crippen LogP contribution in [0.25, 0.3) is 11.3 Å². The molecule has 0 fully saturated rings.